The van der Waals surface area contributed by atoms with E-state index in [1.165, 1.54) is 7.11 Å². The van der Waals surface area contributed by atoms with Gasteiger partial charge in [-0.05, 0) is 49.7 Å². The molecule has 14 nitrogen and oxygen atoms in total. The first-order valence-corrected chi connectivity index (χ1v) is 15.7. The first kappa shape index (κ1) is 32.3. The number of methoxy groups -OCH3 is 1. The largest absolute Gasteiger partial charge is 0.483 e. The zero-order chi connectivity index (χ0) is 31.9. The second-order valence-corrected chi connectivity index (χ2v) is 12.2. The predicted molar refractivity (Wildman–Crippen MR) is 167 cm³/mol. The summed E-state index contributed by atoms with van der Waals surface area (Å²) in [6.45, 7) is 8.82. The van der Waals surface area contributed by atoms with Gasteiger partial charge < -0.3 is 15.2 Å². The number of fused-ring (bicyclic) bond motifs is 1. The van der Waals surface area contributed by atoms with Crippen molar-refractivity contribution in [1.82, 2.24) is 30.0 Å². The van der Waals surface area contributed by atoms with Gasteiger partial charge in [-0.2, -0.15) is 5.10 Å². The Morgan fingerprint density at radius 3 is 2.48 bits per heavy atom. The maximum atomic E-state index is 13.4. The average molecular weight is 625 g/mol. The molecule has 1 aliphatic rings. The van der Waals surface area contributed by atoms with Gasteiger partial charge in [0.15, 0.2) is 0 Å². The number of sulfonamides is 1. The summed E-state index contributed by atoms with van der Waals surface area (Å²) in [6, 6.07) is 11.3. The number of nitrogens with zero attached hydrogens (tertiary/aromatic N) is 5. The van der Waals surface area contributed by atoms with Crippen LogP contribution in [0.2, 0.25) is 0 Å². The quantitative estimate of drug-likeness (QED) is 0.201. The number of carbonyl (C=O) groups is 2. The number of rotatable bonds is 9. The Morgan fingerprint density at radius 2 is 1.82 bits per heavy atom. The lowest BCUT2D eigenvalue weighted by Gasteiger charge is -2.36. The van der Waals surface area contributed by atoms with Crippen molar-refractivity contribution in [1.29, 1.82) is 0 Å². The predicted octanol–water partition coefficient (Wildman–Crippen LogP) is 2.88. The SMILES string of the molecule is COc1ncc(-c2cc(NC(=O)c3cccc(CN4CCN(C(C)C)CC4)n3)c3cn[nH]c3c2)cc1NS(C)(=O)=O.O=CO. The van der Waals surface area contributed by atoms with E-state index in [2.05, 4.69) is 53.9 Å². The molecule has 44 heavy (non-hydrogen) atoms. The summed E-state index contributed by atoms with van der Waals surface area (Å²) >= 11 is 0. The van der Waals surface area contributed by atoms with E-state index in [-0.39, 0.29) is 23.9 Å². The van der Waals surface area contributed by atoms with Crippen LogP contribution in [0.3, 0.4) is 0 Å². The van der Waals surface area contributed by atoms with Crippen LogP contribution in [0.1, 0.15) is 30.0 Å². The summed E-state index contributed by atoms with van der Waals surface area (Å²) in [6.07, 6.45) is 4.26. The number of nitrogens with one attached hydrogen (secondary N) is 3. The first-order chi connectivity index (χ1) is 21.0. The molecule has 3 aromatic heterocycles. The summed E-state index contributed by atoms with van der Waals surface area (Å²) in [5, 5.41) is 17.7. The van der Waals surface area contributed by atoms with Gasteiger partial charge in [-0.3, -0.25) is 29.2 Å². The van der Waals surface area contributed by atoms with Gasteiger partial charge in [0.05, 0.1) is 36.5 Å². The zero-order valence-corrected chi connectivity index (χ0v) is 25.8. The number of hydrogen-bond donors (Lipinski definition) is 4. The molecular weight excluding hydrogens is 588 g/mol. The Hall–Kier alpha value is -4.60. The topological polar surface area (TPSA) is 183 Å². The Bertz CT molecular complexity index is 1720. The summed E-state index contributed by atoms with van der Waals surface area (Å²) in [5.41, 5.74) is 3.88. The maximum Gasteiger partial charge on any atom is 0.290 e. The van der Waals surface area contributed by atoms with Gasteiger partial charge in [-0.1, -0.05) is 6.07 Å². The number of hydrogen-bond acceptors (Lipinski definition) is 10. The molecule has 1 saturated heterocycles. The summed E-state index contributed by atoms with van der Waals surface area (Å²) < 4.78 is 31.4. The molecule has 1 aromatic carbocycles. The minimum atomic E-state index is -3.56. The minimum absolute atomic E-state index is 0.142. The van der Waals surface area contributed by atoms with Crippen LogP contribution >= 0.6 is 0 Å². The van der Waals surface area contributed by atoms with E-state index in [0.717, 1.165) is 43.5 Å². The van der Waals surface area contributed by atoms with Crippen molar-refractivity contribution in [3.05, 3.63) is 60.2 Å². The molecule has 4 heterocycles. The second kappa shape index (κ2) is 14.2. The summed E-state index contributed by atoms with van der Waals surface area (Å²) in [4.78, 5) is 35.4. The molecule has 1 amide bonds. The molecule has 0 atom stereocenters. The molecule has 1 fully saturated rings. The fourth-order valence-electron chi connectivity index (χ4n) is 4.91. The molecular formula is C29H36N8O6S. The second-order valence-electron chi connectivity index (χ2n) is 10.5. The van der Waals surface area contributed by atoms with Gasteiger partial charge in [-0.15, -0.1) is 0 Å². The number of ether oxygens (including phenoxy) is 1. The smallest absolute Gasteiger partial charge is 0.290 e. The van der Waals surface area contributed by atoms with Crippen LogP contribution in [0.4, 0.5) is 11.4 Å². The summed E-state index contributed by atoms with van der Waals surface area (Å²) in [7, 11) is -2.15. The van der Waals surface area contributed by atoms with Crippen LogP contribution in [0.15, 0.2) is 48.8 Å². The third-order valence-corrected chi connectivity index (χ3v) is 7.63. The average Bonchev–Trinajstić information content (AvgIpc) is 3.46. The number of piperazine rings is 1. The molecule has 4 N–H and O–H groups in total. The first-order valence-electron chi connectivity index (χ1n) is 13.8. The number of carbonyl (C=O) groups excluding carboxylic acids is 1. The van der Waals surface area contributed by atoms with Gasteiger partial charge in [0.1, 0.15) is 11.4 Å². The number of anilines is 2. The van der Waals surface area contributed by atoms with Crippen molar-refractivity contribution in [3.8, 4) is 17.0 Å². The molecule has 0 spiro atoms. The number of benzene rings is 1. The van der Waals surface area contributed by atoms with E-state index in [1.54, 1.807) is 30.6 Å². The van der Waals surface area contributed by atoms with Crippen molar-refractivity contribution >= 4 is 44.7 Å². The van der Waals surface area contributed by atoms with E-state index in [0.29, 0.717) is 40.6 Å². The van der Waals surface area contributed by atoms with E-state index < -0.39 is 10.0 Å². The number of carboxylic acid groups (broad SMARTS) is 1. The Balaban J connectivity index is 0.00000141. The molecule has 1 aliphatic heterocycles. The third-order valence-electron chi connectivity index (χ3n) is 7.04. The monoisotopic (exact) mass is 624 g/mol. The van der Waals surface area contributed by atoms with Crippen molar-refractivity contribution in [2.75, 3.05) is 49.6 Å². The molecule has 15 heteroatoms. The fourth-order valence-corrected chi connectivity index (χ4v) is 5.46. The summed E-state index contributed by atoms with van der Waals surface area (Å²) in [5.74, 6) is -0.202. The van der Waals surface area contributed by atoms with Crippen LogP contribution < -0.4 is 14.8 Å². The number of H-pyrrole nitrogens is 1. The molecule has 234 valence electrons. The highest BCUT2D eigenvalue weighted by atomic mass is 32.2. The molecule has 0 unspecified atom stereocenters. The highest BCUT2D eigenvalue weighted by Crippen LogP contribution is 2.33. The Morgan fingerprint density at radius 1 is 1.11 bits per heavy atom. The van der Waals surface area contributed by atoms with Gasteiger partial charge in [0.2, 0.25) is 15.9 Å². The van der Waals surface area contributed by atoms with Crippen LogP contribution in [0.25, 0.3) is 22.0 Å². The molecule has 0 saturated carbocycles. The van der Waals surface area contributed by atoms with Gasteiger partial charge >= 0.3 is 0 Å². The van der Waals surface area contributed by atoms with Gasteiger partial charge in [0.25, 0.3) is 12.4 Å². The molecule has 0 radical (unpaired) electrons. The van der Waals surface area contributed by atoms with Gasteiger partial charge in [-0.25, -0.2) is 18.4 Å². The number of aromatic amines is 1. The van der Waals surface area contributed by atoms with Crippen molar-refractivity contribution < 1.29 is 27.9 Å². The molecule has 4 aromatic rings. The lowest BCUT2D eigenvalue weighted by Crippen LogP contribution is -2.48. The maximum absolute atomic E-state index is 13.4. The third kappa shape index (κ3) is 8.27. The van der Waals surface area contributed by atoms with Gasteiger partial charge in [0, 0.05) is 55.9 Å². The van der Waals surface area contributed by atoms with Crippen molar-refractivity contribution in [2.24, 2.45) is 0 Å². The zero-order valence-electron chi connectivity index (χ0n) is 24.9. The number of pyridine rings is 2. The van der Waals surface area contributed by atoms with Crippen LogP contribution in [0.5, 0.6) is 5.88 Å². The number of amides is 1. The van der Waals surface area contributed by atoms with Crippen LogP contribution in [-0.4, -0.2) is 101 Å². The van der Waals surface area contributed by atoms with E-state index in [1.807, 2.05) is 18.2 Å². The number of aromatic nitrogens is 4. The van der Waals surface area contributed by atoms with Crippen molar-refractivity contribution in [3.63, 3.8) is 0 Å². The normalized spacial score (nSPS) is 14.1. The lowest BCUT2D eigenvalue weighted by atomic mass is 10.0. The molecule has 0 aliphatic carbocycles. The lowest BCUT2D eigenvalue weighted by molar-refractivity contribution is -0.122. The Kier molecular flexibility index (Phi) is 10.5. The standard InChI is InChI=1S/C28H34N8O4S.CH2O2/c1-18(2)36-10-8-35(9-11-36)17-21-6-5-7-23(31-21)27(37)32-24-12-19(13-25-22(24)16-30-33-25)20-14-26(34-41(4,38)39)28(40-3)29-15-20;2-1-3/h5-7,12-16,18,34H,8-11,17H2,1-4H3,(H,30,33)(H,32,37);1H,(H,2,3). The minimum Gasteiger partial charge on any atom is -0.483 e. The van der Waals surface area contributed by atoms with Crippen LogP contribution in [0, 0.1) is 0 Å². The van der Waals surface area contributed by atoms with E-state index >= 15 is 0 Å². The highest BCUT2D eigenvalue weighted by Gasteiger charge is 2.20. The Labute approximate surface area is 255 Å². The van der Waals surface area contributed by atoms with E-state index in [4.69, 9.17) is 14.6 Å². The molecule has 5 rings (SSSR count). The van der Waals surface area contributed by atoms with Crippen molar-refractivity contribution in [2.45, 2.75) is 26.4 Å². The fraction of sp³-hybridized carbons (Fsp3) is 0.345. The highest BCUT2D eigenvalue weighted by molar-refractivity contribution is 7.92. The molecule has 0 bridgehead atoms. The van der Waals surface area contributed by atoms with E-state index in [9.17, 15) is 13.2 Å². The van der Waals surface area contributed by atoms with Crippen LogP contribution in [-0.2, 0) is 21.4 Å².